The maximum absolute atomic E-state index is 12.7. The molecule has 1 N–H and O–H groups in total. The lowest BCUT2D eigenvalue weighted by Gasteiger charge is -2.31. The average molecular weight is 436 g/mol. The molecule has 1 amide bonds. The van der Waals surface area contributed by atoms with E-state index in [1.165, 1.54) is 0 Å². The van der Waals surface area contributed by atoms with E-state index in [0.717, 1.165) is 36.0 Å². The number of halogens is 2. The second kappa shape index (κ2) is 10.9. The van der Waals surface area contributed by atoms with Crippen LogP contribution in [0.25, 0.3) is 0 Å². The van der Waals surface area contributed by atoms with E-state index in [0.29, 0.717) is 37.2 Å². The maximum atomic E-state index is 12.7. The number of nitrogens with zero attached hydrogens (tertiary/aromatic N) is 1. The number of likely N-dealkylation sites (N-methyl/N-ethyl adjacent to an activating group) is 1. The Kier molecular flexibility index (Phi) is 9.61. The van der Waals surface area contributed by atoms with Gasteiger partial charge in [0.25, 0.3) is 0 Å². The van der Waals surface area contributed by atoms with E-state index in [2.05, 4.69) is 21.2 Å². The summed E-state index contributed by atoms with van der Waals surface area (Å²) in [5.41, 5.74) is 0.924. The first-order chi connectivity index (χ1) is 11.6. The Balaban J connectivity index is 0.00000312. The number of hydrogen-bond donors (Lipinski definition) is 1. The van der Waals surface area contributed by atoms with E-state index < -0.39 is 0 Å². The standard InChI is InChI=1S/C18H27BrN2O3.ClH/c1-4-23-16-10-13(15(19)12-17(16)24-5-2)11-18(22)21(3)14-6-8-20-9-7-14;/h10,12,14,20H,4-9,11H2,1-3H3;1H. The van der Waals surface area contributed by atoms with Crippen LogP contribution in [0, 0.1) is 0 Å². The number of carbonyl (C=O) groups excluding carboxylic acids is 1. The van der Waals surface area contributed by atoms with Gasteiger partial charge in [-0.15, -0.1) is 12.4 Å². The second-order valence-corrected chi connectivity index (χ2v) is 6.77. The molecular formula is C18H28BrClN2O3. The van der Waals surface area contributed by atoms with Gasteiger partial charge < -0.3 is 19.7 Å². The zero-order chi connectivity index (χ0) is 17.5. The zero-order valence-electron chi connectivity index (χ0n) is 15.1. The molecule has 1 aromatic carbocycles. The highest BCUT2D eigenvalue weighted by Crippen LogP contribution is 2.34. The minimum atomic E-state index is 0. The Morgan fingerprint density at radius 1 is 1.20 bits per heavy atom. The zero-order valence-corrected chi connectivity index (χ0v) is 17.5. The molecule has 1 heterocycles. The first kappa shape index (κ1) is 22.1. The molecule has 2 rings (SSSR count). The smallest absolute Gasteiger partial charge is 0.227 e. The van der Waals surface area contributed by atoms with Crippen molar-refractivity contribution in [2.24, 2.45) is 0 Å². The van der Waals surface area contributed by atoms with Crippen LogP contribution < -0.4 is 14.8 Å². The molecule has 1 saturated heterocycles. The molecule has 0 radical (unpaired) electrons. The highest BCUT2D eigenvalue weighted by molar-refractivity contribution is 9.10. The summed E-state index contributed by atoms with van der Waals surface area (Å²) in [6.07, 6.45) is 2.38. The van der Waals surface area contributed by atoms with E-state index in [1.54, 1.807) is 0 Å². The number of hydrogen-bond acceptors (Lipinski definition) is 4. The van der Waals surface area contributed by atoms with E-state index in [4.69, 9.17) is 9.47 Å². The number of nitrogens with one attached hydrogen (secondary N) is 1. The predicted octanol–water partition coefficient (Wildman–Crippen LogP) is 3.42. The second-order valence-electron chi connectivity index (χ2n) is 5.92. The summed E-state index contributed by atoms with van der Waals surface area (Å²) in [4.78, 5) is 14.5. The van der Waals surface area contributed by atoms with Crippen LogP contribution in [0.1, 0.15) is 32.3 Å². The van der Waals surface area contributed by atoms with Gasteiger partial charge in [0, 0.05) is 17.6 Å². The molecular weight excluding hydrogens is 408 g/mol. The minimum Gasteiger partial charge on any atom is -0.490 e. The van der Waals surface area contributed by atoms with Crippen LogP contribution in [0.15, 0.2) is 16.6 Å². The molecule has 0 aliphatic carbocycles. The lowest BCUT2D eigenvalue weighted by molar-refractivity contribution is -0.131. The lowest BCUT2D eigenvalue weighted by Crippen LogP contribution is -2.44. The van der Waals surface area contributed by atoms with Crippen LogP contribution >= 0.6 is 28.3 Å². The summed E-state index contributed by atoms with van der Waals surface area (Å²) < 4.78 is 12.2. The molecule has 0 spiro atoms. The van der Waals surface area contributed by atoms with Crippen molar-refractivity contribution >= 4 is 34.2 Å². The van der Waals surface area contributed by atoms with E-state index in [-0.39, 0.29) is 18.3 Å². The van der Waals surface area contributed by atoms with E-state index >= 15 is 0 Å². The van der Waals surface area contributed by atoms with Crippen LogP contribution in [-0.2, 0) is 11.2 Å². The Hall–Kier alpha value is -0.980. The number of ether oxygens (including phenoxy) is 2. The van der Waals surface area contributed by atoms with Crippen LogP contribution in [0.4, 0.5) is 0 Å². The molecule has 142 valence electrons. The molecule has 0 bridgehead atoms. The molecule has 1 aliphatic rings. The molecule has 7 heteroatoms. The van der Waals surface area contributed by atoms with Gasteiger partial charge in [-0.25, -0.2) is 0 Å². The Morgan fingerprint density at radius 2 is 1.76 bits per heavy atom. The van der Waals surface area contributed by atoms with Crippen molar-refractivity contribution in [1.29, 1.82) is 0 Å². The summed E-state index contributed by atoms with van der Waals surface area (Å²) in [6, 6.07) is 4.13. The highest BCUT2D eigenvalue weighted by Gasteiger charge is 2.23. The van der Waals surface area contributed by atoms with Gasteiger partial charge in [0.2, 0.25) is 5.91 Å². The van der Waals surface area contributed by atoms with Crippen molar-refractivity contribution in [3.63, 3.8) is 0 Å². The van der Waals surface area contributed by atoms with Gasteiger partial charge in [-0.05, 0) is 57.5 Å². The first-order valence-electron chi connectivity index (χ1n) is 8.61. The molecule has 1 aromatic rings. The number of benzene rings is 1. The van der Waals surface area contributed by atoms with Gasteiger partial charge in [-0.2, -0.15) is 0 Å². The van der Waals surface area contributed by atoms with Gasteiger partial charge in [0.15, 0.2) is 11.5 Å². The van der Waals surface area contributed by atoms with Crippen molar-refractivity contribution in [2.75, 3.05) is 33.4 Å². The third kappa shape index (κ3) is 6.04. The molecule has 1 fully saturated rings. The first-order valence-corrected chi connectivity index (χ1v) is 9.40. The van der Waals surface area contributed by atoms with Crippen molar-refractivity contribution in [3.05, 3.63) is 22.2 Å². The third-order valence-electron chi connectivity index (χ3n) is 4.30. The Bertz CT molecular complexity index is 565. The molecule has 0 atom stereocenters. The summed E-state index contributed by atoms with van der Waals surface area (Å²) in [7, 11) is 1.91. The van der Waals surface area contributed by atoms with Gasteiger partial charge in [-0.3, -0.25) is 4.79 Å². The highest BCUT2D eigenvalue weighted by atomic mass is 79.9. The average Bonchev–Trinajstić information content (AvgIpc) is 2.59. The van der Waals surface area contributed by atoms with Gasteiger partial charge >= 0.3 is 0 Å². The Labute approximate surface area is 165 Å². The van der Waals surface area contributed by atoms with Gasteiger partial charge in [0.05, 0.1) is 19.6 Å². The molecule has 0 unspecified atom stereocenters. The monoisotopic (exact) mass is 434 g/mol. The minimum absolute atomic E-state index is 0. The van der Waals surface area contributed by atoms with Crippen molar-refractivity contribution in [1.82, 2.24) is 10.2 Å². The van der Waals surface area contributed by atoms with Crippen molar-refractivity contribution in [2.45, 2.75) is 39.2 Å². The fourth-order valence-electron chi connectivity index (χ4n) is 2.93. The van der Waals surface area contributed by atoms with E-state index in [9.17, 15) is 4.79 Å². The molecule has 1 aliphatic heterocycles. The number of amides is 1. The predicted molar refractivity (Wildman–Crippen MR) is 106 cm³/mol. The van der Waals surface area contributed by atoms with E-state index in [1.807, 2.05) is 37.9 Å². The summed E-state index contributed by atoms with van der Waals surface area (Å²) in [5.74, 6) is 1.53. The van der Waals surface area contributed by atoms with Crippen LogP contribution in [0.5, 0.6) is 11.5 Å². The third-order valence-corrected chi connectivity index (χ3v) is 5.04. The number of piperidine rings is 1. The quantitative estimate of drug-likeness (QED) is 0.713. The summed E-state index contributed by atoms with van der Waals surface area (Å²) in [6.45, 7) is 6.96. The van der Waals surface area contributed by atoms with Crippen molar-refractivity contribution in [3.8, 4) is 11.5 Å². The van der Waals surface area contributed by atoms with Gasteiger partial charge in [-0.1, -0.05) is 15.9 Å². The fraction of sp³-hybridized carbons (Fsp3) is 0.611. The Morgan fingerprint density at radius 3 is 2.32 bits per heavy atom. The number of carbonyl (C=O) groups is 1. The lowest BCUT2D eigenvalue weighted by atomic mass is 10.0. The molecule has 0 saturated carbocycles. The summed E-state index contributed by atoms with van der Waals surface area (Å²) in [5, 5.41) is 3.33. The fourth-order valence-corrected chi connectivity index (χ4v) is 3.40. The maximum Gasteiger partial charge on any atom is 0.227 e. The van der Waals surface area contributed by atoms with Crippen LogP contribution in [-0.4, -0.2) is 50.2 Å². The summed E-state index contributed by atoms with van der Waals surface area (Å²) >= 11 is 3.56. The largest absolute Gasteiger partial charge is 0.490 e. The SMILES string of the molecule is CCOc1cc(Br)c(CC(=O)N(C)C2CCNCC2)cc1OCC.Cl. The van der Waals surface area contributed by atoms with Crippen LogP contribution in [0.3, 0.4) is 0 Å². The molecule has 5 nitrogen and oxygen atoms in total. The van der Waals surface area contributed by atoms with Crippen LogP contribution in [0.2, 0.25) is 0 Å². The normalized spacial score (nSPS) is 14.6. The van der Waals surface area contributed by atoms with Crippen molar-refractivity contribution < 1.29 is 14.3 Å². The molecule has 0 aromatic heterocycles. The number of rotatable bonds is 7. The van der Waals surface area contributed by atoms with Gasteiger partial charge in [0.1, 0.15) is 0 Å². The topological polar surface area (TPSA) is 50.8 Å². The molecule has 25 heavy (non-hydrogen) atoms.